The molecule has 0 saturated carbocycles. The van der Waals surface area contributed by atoms with E-state index in [1.54, 1.807) is 18.2 Å². The van der Waals surface area contributed by atoms with Gasteiger partial charge in [-0.1, -0.05) is 25.1 Å². The van der Waals surface area contributed by atoms with E-state index < -0.39 is 6.10 Å². The number of amides is 2. The number of anilines is 2. The largest absolute Gasteiger partial charge is 0.478 e. The SMILES string of the molecule is CCC1Oc2cc(C(C)NC(=O)Cc3ccc(N)cc3)ccc2NC1=O.Cl. The number of nitrogens with two attached hydrogens (primary N) is 1. The van der Waals surface area contributed by atoms with E-state index in [-0.39, 0.29) is 30.3 Å². The summed E-state index contributed by atoms with van der Waals surface area (Å²) in [6, 6.07) is 12.6. The number of ether oxygens (including phenoxy) is 1. The van der Waals surface area contributed by atoms with Gasteiger partial charge in [0.15, 0.2) is 6.10 Å². The minimum Gasteiger partial charge on any atom is -0.478 e. The number of rotatable bonds is 5. The Balaban J connectivity index is 0.00000261. The summed E-state index contributed by atoms with van der Waals surface area (Å²) in [6.07, 6.45) is 0.414. The van der Waals surface area contributed by atoms with Gasteiger partial charge in [0.2, 0.25) is 5.91 Å². The topological polar surface area (TPSA) is 93.4 Å². The molecule has 0 bridgehead atoms. The molecule has 0 fully saturated rings. The predicted octanol–water partition coefficient (Wildman–Crippen LogP) is 3.22. The highest BCUT2D eigenvalue weighted by molar-refractivity contribution is 5.97. The van der Waals surface area contributed by atoms with Gasteiger partial charge >= 0.3 is 0 Å². The first-order valence-electron chi connectivity index (χ1n) is 8.71. The third kappa shape index (κ3) is 4.92. The Morgan fingerprint density at radius 2 is 1.96 bits per heavy atom. The second-order valence-electron chi connectivity index (χ2n) is 6.47. The normalized spacial score (nSPS) is 16.2. The van der Waals surface area contributed by atoms with Gasteiger partial charge in [-0.05, 0) is 48.7 Å². The average molecular weight is 390 g/mol. The van der Waals surface area contributed by atoms with Crippen LogP contribution in [0.25, 0.3) is 0 Å². The lowest BCUT2D eigenvalue weighted by molar-refractivity contribution is -0.123. The second kappa shape index (κ2) is 8.77. The maximum Gasteiger partial charge on any atom is 0.265 e. The fraction of sp³-hybridized carbons (Fsp3) is 0.300. The Bertz CT molecular complexity index is 824. The Morgan fingerprint density at radius 3 is 2.63 bits per heavy atom. The number of hydrogen-bond acceptors (Lipinski definition) is 4. The molecule has 2 unspecified atom stereocenters. The number of benzene rings is 2. The van der Waals surface area contributed by atoms with Crippen LogP contribution in [0.4, 0.5) is 11.4 Å². The summed E-state index contributed by atoms with van der Waals surface area (Å²) in [5.74, 6) is 0.437. The van der Waals surface area contributed by atoms with Gasteiger partial charge in [0.25, 0.3) is 5.91 Å². The molecule has 2 aromatic carbocycles. The smallest absolute Gasteiger partial charge is 0.265 e. The molecule has 1 aliphatic heterocycles. The van der Waals surface area contributed by atoms with E-state index >= 15 is 0 Å². The molecule has 144 valence electrons. The van der Waals surface area contributed by atoms with E-state index in [1.165, 1.54) is 0 Å². The Hall–Kier alpha value is -2.73. The van der Waals surface area contributed by atoms with Crippen molar-refractivity contribution in [2.75, 3.05) is 11.1 Å². The van der Waals surface area contributed by atoms with Gasteiger partial charge in [-0.2, -0.15) is 0 Å². The number of nitrogen functional groups attached to an aromatic ring is 1. The van der Waals surface area contributed by atoms with Crippen LogP contribution in [0.2, 0.25) is 0 Å². The third-order valence-corrected chi connectivity index (χ3v) is 4.42. The van der Waals surface area contributed by atoms with Crippen LogP contribution in [0, 0.1) is 0 Å². The van der Waals surface area contributed by atoms with Crippen LogP contribution < -0.4 is 21.1 Å². The molecule has 0 spiro atoms. The van der Waals surface area contributed by atoms with Gasteiger partial charge in [-0.25, -0.2) is 0 Å². The highest BCUT2D eigenvalue weighted by Crippen LogP contribution is 2.33. The fourth-order valence-corrected chi connectivity index (χ4v) is 2.89. The molecule has 6 nitrogen and oxygen atoms in total. The minimum absolute atomic E-state index is 0. The van der Waals surface area contributed by atoms with Gasteiger partial charge in [0, 0.05) is 5.69 Å². The zero-order chi connectivity index (χ0) is 18.7. The molecular formula is C20H24ClN3O3. The van der Waals surface area contributed by atoms with Crippen LogP contribution >= 0.6 is 12.4 Å². The zero-order valence-electron chi connectivity index (χ0n) is 15.3. The van der Waals surface area contributed by atoms with Crippen molar-refractivity contribution in [2.45, 2.75) is 38.8 Å². The van der Waals surface area contributed by atoms with E-state index in [2.05, 4.69) is 10.6 Å². The molecular weight excluding hydrogens is 366 g/mol. The molecule has 0 radical (unpaired) electrons. The third-order valence-electron chi connectivity index (χ3n) is 4.42. The standard InChI is InChI=1S/C20H23N3O3.ClH/c1-3-17-20(25)23-16-9-6-14(11-18(16)26-17)12(2)22-19(24)10-13-4-7-15(21)8-5-13;/h4-9,11-12,17H,3,10,21H2,1-2H3,(H,22,24)(H,23,25);1H. The predicted molar refractivity (Wildman–Crippen MR) is 108 cm³/mol. The molecule has 0 aromatic heterocycles. The van der Waals surface area contributed by atoms with E-state index in [9.17, 15) is 9.59 Å². The minimum atomic E-state index is -0.479. The summed E-state index contributed by atoms with van der Waals surface area (Å²) in [5, 5.41) is 5.83. The highest BCUT2D eigenvalue weighted by atomic mass is 35.5. The van der Waals surface area contributed by atoms with Crippen molar-refractivity contribution in [3.8, 4) is 5.75 Å². The van der Waals surface area contributed by atoms with Crippen molar-refractivity contribution in [1.82, 2.24) is 5.32 Å². The maximum atomic E-state index is 12.3. The number of fused-ring (bicyclic) bond motifs is 1. The fourth-order valence-electron chi connectivity index (χ4n) is 2.89. The zero-order valence-corrected chi connectivity index (χ0v) is 16.1. The summed E-state index contributed by atoms with van der Waals surface area (Å²) >= 11 is 0. The van der Waals surface area contributed by atoms with Crippen LogP contribution in [0.3, 0.4) is 0 Å². The van der Waals surface area contributed by atoms with Crippen LogP contribution in [0.5, 0.6) is 5.75 Å². The number of carbonyl (C=O) groups is 2. The summed E-state index contributed by atoms with van der Waals surface area (Å²) in [6.45, 7) is 3.82. The lowest BCUT2D eigenvalue weighted by Gasteiger charge is -2.26. The monoisotopic (exact) mass is 389 g/mol. The van der Waals surface area contributed by atoms with E-state index in [1.807, 2.05) is 38.1 Å². The van der Waals surface area contributed by atoms with E-state index in [4.69, 9.17) is 10.5 Å². The first-order chi connectivity index (χ1) is 12.5. The highest BCUT2D eigenvalue weighted by Gasteiger charge is 2.26. The maximum absolute atomic E-state index is 12.3. The van der Waals surface area contributed by atoms with Crippen molar-refractivity contribution >= 4 is 35.6 Å². The van der Waals surface area contributed by atoms with Crippen molar-refractivity contribution in [3.05, 3.63) is 53.6 Å². The van der Waals surface area contributed by atoms with Crippen LogP contribution in [0.15, 0.2) is 42.5 Å². The van der Waals surface area contributed by atoms with Gasteiger partial charge in [-0.15, -0.1) is 12.4 Å². The first kappa shape index (κ1) is 20.6. The number of halogens is 1. The van der Waals surface area contributed by atoms with Gasteiger partial charge in [0.1, 0.15) is 5.75 Å². The molecule has 2 amide bonds. The Labute approximate surface area is 164 Å². The summed E-state index contributed by atoms with van der Waals surface area (Å²) in [5.41, 5.74) is 8.82. The van der Waals surface area contributed by atoms with Crippen molar-refractivity contribution in [1.29, 1.82) is 0 Å². The summed E-state index contributed by atoms with van der Waals surface area (Å²) in [7, 11) is 0. The van der Waals surface area contributed by atoms with E-state index in [0.717, 1.165) is 11.1 Å². The molecule has 0 aliphatic carbocycles. The summed E-state index contributed by atoms with van der Waals surface area (Å²) < 4.78 is 5.76. The lowest BCUT2D eigenvalue weighted by atomic mass is 10.0. The molecule has 0 saturated heterocycles. The number of hydrogen-bond donors (Lipinski definition) is 3. The first-order valence-corrected chi connectivity index (χ1v) is 8.71. The quantitative estimate of drug-likeness (QED) is 0.684. The molecule has 27 heavy (non-hydrogen) atoms. The van der Waals surface area contributed by atoms with Gasteiger partial charge in [0.05, 0.1) is 18.2 Å². The van der Waals surface area contributed by atoms with Gasteiger partial charge < -0.3 is 21.1 Å². The molecule has 1 aliphatic rings. The second-order valence-corrected chi connectivity index (χ2v) is 6.47. The molecule has 2 atom stereocenters. The van der Waals surface area contributed by atoms with Crippen molar-refractivity contribution < 1.29 is 14.3 Å². The van der Waals surface area contributed by atoms with E-state index in [0.29, 0.717) is 30.0 Å². The number of carbonyl (C=O) groups excluding carboxylic acids is 2. The average Bonchev–Trinajstić information content (AvgIpc) is 2.62. The Morgan fingerprint density at radius 1 is 1.26 bits per heavy atom. The van der Waals surface area contributed by atoms with Crippen molar-refractivity contribution in [2.24, 2.45) is 0 Å². The molecule has 4 N–H and O–H groups in total. The molecule has 3 rings (SSSR count). The molecule has 1 heterocycles. The van der Waals surface area contributed by atoms with Crippen LogP contribution in [0.1, 0.15) is 37.4 Å². The molecule has 2 aromatic rings. The van der Waals surface area contributed by atoms with Gasteiger partial charge in [-0.3, -0.25) is 9.59 Å². The molecule has 7 heteroatoms. The Kier molecular flexibility index (Phi) is 6.69. The lowest BCUT2D eigenvalue weighted by Crippen LogP contribution is -2.36. The van der Waals surface area contributed by atoms with Crippen LogP contribution in [-0.4, -0.2) is 17.9 Å². The summed E-state index contributed by atoms with van der Waals surface area (Å²) in [4.78, 5) is 24.1. The van der Waals surface area contributed by atoms with Crippen LogP contribution in [-0.2, 0) is 16.0 Å². The van der Waals surface area contributed by atoms with Crippen molar-refractivity contribution in [3.63, 3.8) is 0 Å². The number of nitrogens with one attached hydrogen (secondary N) is 2.